The van der Waals surface area contributed by atoms with Crippen molar-refractivity contribution < 1.29 is 33.0 Å². The number of hydrogen-bond donors (Lipinski definition) is 0. The van der Waals surface area contributed by atoms with Gasteiger partial charge in [-0.15, -0.1) is 11.8 Å². The van der Waals surface area contributed by atoms with Gasteiger partial charge in [-0.05, 0) is 67.8 Å². The number of thioether (sulfide) groups is 1. The first-order chi connectivity index (χ1) is 18.0. The molecule has 0 N–H and O–H groups in total. The van der Waals surface area contributed by atoms with Crippen LogP contribution in [0.2, 0.25) is 0 Å². The van der Waals surface area contributed by atoms with Gasteiger partial charge in [0.05, 0.1) is 25.4 Å². The van der Waals surface area contributed by atoms with Crippen LogP contribution in [0.5, 0.6) is 0 Å². The average molecular weight is 523 g/mol. The molecule has 0 saturated carbocycles. The van der Waals surface area contributed by atoms with E-state index in [4.69, 9.17) is 18.6 Å². The van der Waals surface area contributed by atoms with Crippen molar-refractivity contribution in [1.29, 1.82) is 0 Å². The lowest BCUT2D eigenvalue weighted by Gasteiger charge is -2.06. The van der Waals surface area contributed by atoms with Gasteiger partial charge in [-0.25, -0.2) is 14.4 Å². The van der Waals surface area contributed by atoms with E-state index in [2.05, 4.69) is 19.2 Å². The predicted octanol–water partition coefficient (Wildman–Crippen LogP) is 6.37. The van der Waals surface area contributed by atoms with E-state index in [1.54, 1.807) is 23.9 Å². The van der Waals surface area contributed by atoms with Crippen LogP contribution in [-0.2, 0) is 23.8 Å². The zero-order valence-corrected chi connectivity index (χ0v) is 21.4. The first kappa shape index (κ1) is 27.8. The van der Waals surface area contributed by atoms with Crippen LogP contribution in [0.15, 0.2) is 83.2 Å². The second kappa shape index (κ2) is 14.7. The maximum absolute atomic E-state index is 12.3. The first-order valence-electron chi connectivity index (χ1n) is 12.0. The van der Waals surface area contributed by atoms with Crippen LogP contribution in [0.3, 0.4) is 0 Å². The minimum absolute atomic E-state index is 0.249. The summed E-state index contributed by atoms with van der Waals surface area (Å²) in [4.78, 5) is 35.4. The fourth-order valence-electron chi connectivity index (χ4n) is 3.32. The molecule has 0 radical (unpaired) electrons. The van der Waals surface area contributed by atoms with Gasteiger partial charge < -0.3 is 18.6 Å². The molecule has 1 aromatic heterocycles. The van der Waals surface area contributed by atoms with Crippen LogP contribution in [0, 0.1) is 0 Å². The molecule has 1 heterocycles. The molecule has 194 valence electrons. The Morgan fingerprint density at radius 1 is 0.784 bits per heavy atom. The van der Waals surface area contributed by atoms with Gasteiger partial charge in [0.1, 0.15) is 11.3 Å². The van der Waals surface area contributed by atoms with Gasteiger partial charge in [0.2, 0.25) is 0 Å². The number of carbonyl (C=O) groups excluding carboxylic acids is 3. The van der Waals surface area contributed by atoms with Crippen molar-refractivity contribution in [3.05, 3.63) is 79.4 Å². The zero-order chi connectivity index (χ0) is 26.5. The van der Waals surface area contributed by atoms with E-state index < -0.39 is 17.9 Å². The van der Waals surface area contributed by atoms with Crippen LogP contribution < -0.4 is 0 Å². The van der Waals surface area contributed by atoms with Crippen molar-refractivity contribution in [2.45, 2.75) is 30.6 Å². The van der Waals surface area contributed by atoms with Crippen LogP contribution >= 0.6 is 11.8 Å². The predicted molar refractivity (Wildman–Crippen MR) is 143 cm³/mol. The Labute approximate surface area is 220 Å². The molecule has 37 heavy (non-hydrogen) atoms. The van der Waals surface area contributed by atoms with Crippen LogP contribution in [0.1, 0.15) is 36.0 Å². The molecule has 0 aliphatic carbocycles. The lowest BCUT2D eigenvalue weighted by atomic mass is 10.1. The van der Waals surface area contributed by atoms with E-state index in [1.807, 2.05) is 30.3 Å². The SMILES string of the molecule is C=CC(=O)OCCCCOC(=O)c1ccc(-c2cc3ccc(SCCCCOC(=O)C=C)cc3o2)cc1. The smallest absolute Gasteiger partial charge is 0.338 e. The van der Waals surface area contributed by atoms with Crippen molar-refractivity contribution in [3.63, 3.8) is 0 Å². The van der Waals surface area contributed by atoms with E-state index >= 15 is 0 Å². The molecule has 0 spiro atoms. The number of benzene rings is 2. The quantitative estimate of drug-likeness (QED) is 0.0748. The Morgan fingerprint density at radius 2 is 1.41 bits per heavy atom. The minimum Gasteiger partial charge on any atom is -0.463 e. The Kier molecular flexibility index (Phi) is 11.0. The van der Waals surface area contributed by atoms with Crippen LogP contribution in [0.4, 0.5) is 0 Å². The number of hydrogen-bond acceptors (Lipinski definition) is 8. The summed E-state index contributed by atoms with van der Waals surface area (Å²) in [5.41, 5.74) is 2.11. The lowest BCUT2D eigenvalue weighted by Crippen LogP contribution is -2.08. The summed E-state index contributed by atoms with van der Waals surface area (Å²) < 4.78 is 21.2. The molecule has 0 atom stereocenters. The third kappa shape index (κ3) is 8.99. The molecule has 0 fully saturated rings. The third-order valence-corrected chi connectivity index (χ3v) is 6.38. The highest BCUT2D eigenvalue weighted by Gasteiger charge is 2.11. The molecule has 2 aromatic carbocycles. The fraction of sp³-hybridized carbons (Fsp3) is 0.276. The maximum atomic E-state index is 12.3. The second-order valence-corrected chi connectivity index (χ2v) is 9.20. The molecular weight excluding hydrogens is 492 g/mol. The van der Waals surface area contributed by atoms with Crippen molar-refractivity contribution in [2.75, 3.05) is 25.6 Å². The highest BCUT2D eigenvalue weighted by Crippen LogP contribution is 2.31. The van der Waals surface area contributed by atoms with Gasteiger partial charge in [0.25, 0.3) is 0 Å². The Balaban J connectivity index is 1.46. The Bertz CT molecular complexity index is 1230. The van der Waals surface area contributed by atoms with Gasteiger partial charge in [-0.3, -0.25) is 0 Å². The number of ether oxygens (including phenoxy) is 3. The molecule has 0 bridgehead atoms. The highest BCUT2D eigenvalue weighted by molar-refractivity contribution is 7.99. The minimum atomic E-state index is -0.460. The first-order valence-corrected chi connectivity index (χ1v) is 13.0. The van der Waals surface area contributed by atoms with Gasteiger partial charge in [0, 0.05) is 28.0 Å². The molecule has 3 aromatic rings. The van der Waals surface area contributed by atoms with Crippen LogP contribution in [-0.4, -0.2) is 43.5 Å². The summed E-state index contributed by atoms with van der Waals surface area (Å²) in [6, 6.07) is 15.2. The normalized spacial score (nSPS) is 10.6. The monoisotopic (exact) mass is 522 g/mol. The van der Waals surface area contributed by atoms with Crippen molar-refractivity contribution in [2.24, 2.45) is 0 Å². The molecule has 3 rings (SSSR count). The van der Waals surface area contributed by atoms with Gasteiger partial charge >= 0.3 is 17.9 Å². The van der Waals surface area contributed by atoms with E-state index in [-0.39, 0.29) is 13.2 Å². The Hall–Kier alpha value is -3.78. The standard InChI is InChI=1S/C29H30O7S/c1-3-27(30)33-15-5-6-17-35-29(32)22-11-9-21(10-12-22)25-19-23-13-14-24(20-26(23)36-25)37-18-8-7-16-34-28(31)4-2/h3-4,9-14,19-20H,1-2,5-8,15-18H2. The van der Waals surface area contributed by atoms with E-state index in [0.717, 1.165) is 51.9 Å². The van der Waals surface area contributed by atoms with Crippen molar-refractivity contribution >= 4 is 40.6 Å². The summed E-state index contributed by atoms with van der Waals surface area (Å²) in [7, 11) is 0. The van der Waals surface area contributed by atoms with Crippen LogP contribution in [0.25, 0.3) is 22.3 Å². The number of unbranched alkanes of at least 4 members (excludes halogenated alkanes) is 2. The molecule has 0 saturated heterocycles. The maximum Gasteiger partial charge on any atom is 0.338 e. The summed E-state index contributed by atoms with van der Waals surface area (Å²) in [6.45, 7) is 7.62. The van der Waals surface area contributed by atoms with Crippen molar-refractivity contribution in [1.82, 2.24) is 0 Å². The molecule has 0 unspecified atom stereocenters. The van der Waals surface area contributed by atoms with Crippen molar-refractivity contribution in [3.8, 4) is 11.3 Å². The number of rotatable bonds is 15. The average Bonchev–Trinajstić information content (AvgIpc) is 3.35. The molecule has 0 aliphatic rings. The largest absolute Gasteiger partial charge is 0.463 e. The molecule has 8 heteroatoms. The number of fused-ring (bicyclic) bond motifs is 1. The third-order valence-electron chi connectivity index (χ3n) is 5.30. The molecule has 7 nitrogen and oxygen atoms in total. The van der Waals surface area contributed by atoms with E-state index in [9.17, 15) is 14.4 Å². The van der Waals surface area contributed by atoms with E-state index in [1.165, 1.54) is 6.08 Å². The number of carbonyl (C=O) groups is 3. The summed E-state index contributed by atoms with van der Waals surface area (Å²) in [5.74, 6) is 0.373. The highest BCUT2D eigenvalue weighted by atomic mass is 32.2. The zero-order valence-electron chi connectivity index (χ0n) is 20.6. The molecule has 0 aliphatic heterocycles. The second-order valence-electron chi connectivity index (χ2n) is 8.03. The summed E-state index contributed by atoms with van der Waals surface area (Å²) in [5, 5.41) is 0.998. The Morgan fingerprint density at radius 3 is 2.05 bits per heavy atom. The molecule has 0 amide bonds. The number of esters is 3. The lowest BCUT2D eigenvalue weighted by molar-refractivity contribution is -0.138. The van der Waals surface area contributed by atoms with Gasteiger partial charge in [-0.1, -0.05) is 25.3 Å². The summed E-state index contributed by atoms with van der Waals surface area (Å²) in [6.07, 6.45) is 5.21. The number of furan rings is 1. The summed E-state index contributed by atoms with van der Waals surface area (Å²) >= 11 is 1.73. The van der Waals surface area contributed by atoms with Gasteiger partial charge in [0.15, 0.2) is 0 Å². The fourth-order valence-corrected chi connectivity index (χ4v) is 4.26. The molecular formula is C29H30O7S. The van der Waals surface area contributed by atoms with Gasteiger partial charge in [-0.2, -0.15) is 0 Å². The van der Waals surface area contributed by atoms with E-state index in [0.29, 0.717) is 25.0 Å². The topological polar surface area (TPSA) is 92.0 Å².